The first-order valence-electron chi connectivity index (χ1n) is 7.15. The van der Waals surface area contributed by atoms with E-state index in [1.54, 1.807) is 11.3 Å². The van der Waals surface area contributed by atoms with Gasteiger partial charge >= 0.3 is 0 Å². The van der Waals surface area contributed by atoms with Crippen molar-refractivity contribution in [2.24, 2.45) is 0 Å². The van der Waals surface area contributed by atoms with Gasteiger partial charge in [-0.15, -0.1) is 11.3 Å². The molecule has 0 aliphatic heterocycles. The molecule has 1 atom stereocenters. The monoisotopic (exact) mass is 347 g/mol. The van der Waals surface area contributed by atoms with Crippen molar-refractivity contribution in [2.45, 2.75) is 58.4 Å². The molecule has 1 rings (SSSR count). The van der Waals surface area contributed by atoms with Crippen LogP contribution in [0.25, 0.3) is 6.08 Å². The van der Waals surface area contributed by atoms with E-state index in [4.69, 9.17) is 16.0 Å². The maximum atomic E-state index is 9.29. The SMILES string of the molecule is Cc1nc(/C=C(\Cl)[C@H](CCO)O[Si](C)(C)C(C)(C)C)cs1. The highest BCUT2D eigenvalue weighted by atomic mass is 35.5. The number of hydrogen-bond donors (Lipinski definition) is 1. The minimum atomic E-state index is -1.93. The maximum absolute atomic E-state index is 9.29. The van der Waals surface area contributed by atoms with Crippen LogP contribution in [0.1, 0.15) is 37.9 Å². The average molecular weight is 348 g/mol. The number of aryl methyl sites for hydroxylation is 1. The van der Waals surface area contributed by atoms with Crippen molar-refractivity contribution in [3.8, 4) is 0 Å². The van der Waals surface area contributed by atoms with Gasteiger partial charge in [0.1, 0.15) is 0 Å². The quantitative estimate of drug-likeness (QED) is 0.751. The molecule has 6 heteroatoms. The Labute approximate surface area is 138 Å². The first-order valence-corrected chi connectivity index (χ1v) is 11.3. The zero-order valence-electron chi connectivity index (χ0n) is 13.7. The van der Waals surface area contributed by atoms with Gasteiger partial charge in [0.15, 0.2) is 8.32 Å². The molecule has 0 saturated heterocycles. The Morgan fingerprint density at radius 3 is 2.57 bits per heavy atom. The van der Waals surface area contributed by atoms with Crippen molar-refractivity contribution < 1.29 is 9.53 Å². The summed E-state index contributed by atoms with van der Waals surface area (Å²) in [4.78, 5) is 4.39. The Bertz CT molecular complexity index is 494. The van der Waals surface area contributed by atoms with Crippen LogP contribution in [-0.4, -0.2) is 31.1 Å². The molecular formula is C15H26ClNO2SSi. The zero-order valence-corrected chi connectivity index (χ0v) is 16.3. The largest absolute Gasteiger partial charge is 0.409 e. The van der Waals surface area contributed by atoms with E-state index < -0.39 is 8.32 Å². The van der Waals surface area contributed by atoms with E-state index in [0.29, 0.717) is 11.5 Å². The molecule has 0 aliphatic carbocycles. The van der Waals surface area contributed by atoms with Crippen LogP contribution >= 0.6 is 22.9 Å². The maximum Gasteiger partial charge on any atom is 0.192 e. The van der Waals surface area contributed by atoms with Gasteiger partial charge in [0.05, 0.1) is 16.8 Å². The standard InChI is InChI=1S/C15H26ClNO2SSi/c1-11-17-12(10-20-11)9-13(16)14(7-8-18)19-21(5,6)15(2,3)4/h9-10,14,18H,7-8H2,1-6H3/b13-9-/t14-/m0/s1. The zero-order chi connectivity index (χ0) is 16.3. The second-order valence-electron chi connectivity index (χ2n) is 6.70. The van der Waals surface area contributed by atoms with Crippen molar-refractivity contribution in [1.29, 1.82) is 0 Å². The molecule has 0 aliphatic rings. The van der Waals surface area contributed by atoms with E-state index in [1.165, 1.54) is 0 Å². The van der Waals surface area contributed by atoms with Crippen LogP contribution in [0.3, 0.4) is 0 Å². The van der Waals surface area contributed by atoms with E-state index in [2.05, 4.69) is 38.8 Å². The number of thiazole rings is 1. The molecule has 0 amide bonds. The predicted octanol–water partition coefficient (Wildman–Crippen LogP) is 4.80. The number of rotatable bonds is 6. The number of aromatic nitrogens is 1. The number of hydrogen-bond acceptors (Lipinski definition) is 4. The summed E-state index contributed by atoms with van der Waals surface area (Å²) in [5, 5.41) is 13.0. The van der Waals surface area contributed by atoms with Crippen LogP contribution in [0, 0.1) is 6.92 Å². The summed E-state index contributed by atoms with van der Waals surface area (Å²) in [6, 6.07) is 0. The summed E-state index contributed by atoms with van der Waals surface area (Å²) in [7, 11) is -1.93. The first-order chi connectivity index (χ1) is 9.56. The molecule has 1 aromatic heterocycles. The molecule has 0 radical (unpaired) electrons. The highest BCUT2D eigenvalue weighted by Gasteiger charge is 2.39. The van der Waals surface area contributed by atoms with Gasteiger partial charge in [0, 0.05) is 23.4 Å². The topological polar surface area (TPSA) is 42.4 Å². The van der Waals surface area contributed by atoms with E-state index >= 15 is 0 Å². The molecule has 0 unspecified atom stereocenters. The fourth-order valence-corrected chi connectivity index (χ4v) is 3.80. The molecule has 1 N–H and O–H groups in total. The van der Waals surface area contributed by atoms with E-state index in [-0.39, 0.29) is 17.7 Å². The van der Waals surface area contributed by atoms with Gasteiger partial charge < -0.3 is 9.53 Å². The summed E-state index contributed by atoms with van der Waals surface area (Å²) in [6.07, 6.45) is 2.09. The van der Waals surface area contributed by atoms with Gasteiger partial charge in [-0.1, -0.05) is 32.4 Å². The van der Waals surface area contributed by atoms with Crippen molar-refractivity contribution in [2.75, 3.05) is 6.61 Å². The summed E-state index contributed by atoms with van der Waals surface area (Å²) >= 11 is 8.03. The van der Waals surface area contributed by atoms with Crippen LogP contribution < -0.4 is 0 Å². The lowest BCUT2D eigenvalue weighted by Crippen LogP contribution is -2.44. The molecule has 0 spiro atoms. The van der Waals surface area contributed by atoms with E-state index in [1.807, 2.05) is 18.4 Å². The van der Waals surface area contributed by atoms with Crippen LogP contribution in [0.4, 0.5) is 0 Å². The van der Waals surface area contributed by atoms with Gasteiger partial charge in [-0.05, 0) is 31.1 Å². The van der Waals surface area contributed by atoms with Gasteiger partial charge in [-0.3, -0.25) is 0 Å². The molecular weight excluding hydrogens is 322 g/mol. The minimum absolute atomic E-state index is 0.0550. The third-order valence-corrected chi connectivity index (χ3v) is 9.49. The van der Waals surface area contributed by atoms with Crippen LogP contribution in [-0.2, 0) is 4.43 Å². The minimum Gasteiger partial charge on any atom is -0.409 e. The molecule has 120 valence electrons. The molecule has 21 heavy (non-hydrogen) atoms. The van der Waals surface area contributed by atoms with Crippen molar-refractivity contribution in [1.82, 2.24) is 4.98 Å². The highest BCUT2D eigenvalue weighted by Crippen LogP contribution is 2.39. The summed E-state index contributed by atoms with van der Waals surface area (Å²) in [5.74, 6) is 0. The molecule has 1 heterocycles. The van der Waals surface area contributed by atoms with Crippen LogP contribution in [0.2, 0.25) is 18.1 Å². The third kappa shape index (κ3) is 5.49. The summed E-state index contributed by atoms with van der Waals surface area (Å²) in [6.45, 7) is 13.0. The number of halogens is 1. The number of aliphatic hydroxyl groups is 1. The lowest BCUT2D eigenvalue weighted by Gasteiger charge is -2.39. The average Bonchev–Trinajstić information content (AvgIpc) is 2.72. The van der Waals surface area contributed by atoms with Gasteiger partial charge in [0.25, 0.3) is 0 Å². The number of aliphatic hydroxyl groups excluding tert-OH is 1. The Morgan fingerprint density at radius 2 is 2.14 bits per heavy atom. The summed E-state index contributed by atoms with van der Waals surface area (Å²) in [5.41, 5.74) is 0.851. The Kier molecular flexibility index (Phi) is 6.62. The second-order valence-corrected chi connectivity index (χ2v) is 13.0. The third-order valence-electron chi connectivity index (χ3n) is 3.86. The van der Waals surface area contributed by atoms with Crippen molar-refractivity contribution in [3.63, 3.8) is 0 Å². The molecule has 3 nitrogen and oxygen atoms in total. The van der Waals surface area contributed by atoms with Gasteiger partial charge in [-0.2, -0.15) is 0 Å². The Morgan fingerprint density at radius 1 is 1.52 bits per heavy atom. The molecule has 0 fully saturated rings. The lowest BCUT2D eigenvalue weighted by molar-refractivity contribution is 0.172. The molecule has 0 saturated carbocycles. The Balaban J connectivity index is 2.93. The fourth-order valence-electron chi connectivity index (χ4n) is 1.58. The summed E-state index contributed by atoms with van der Waals surface area (Å²) < 4.78 is 6.34. The normalized spacial score (nSPS) is 15.3. The van der Waals surface area contributed by atoms with Crippen LogP contribution in [0.5, 0.6) is 0 Å². The predicted molar refractivity (Wildman–Crippen MR) is 94.5 cm³/mol. The molecule has 0 bridgehead atoms. The van der Waals surface area contributed by atoms with Crippen LogP contribution in [0.15, 0.2) is 10.4 Å². The molecule has 1 aromatic rings. The first kappa shape index (κ1) is 18.8. The number of nitrogens with zero attached hydrogens (tertiary/aromatic N) is 1. The Hall–Kier alpha value is -0.203. The second kappa shape index (κ2) is 7.37. The van der Waals surface area contributed by atoms with Crippen molar-refractivity contribution in [3.05, 3.63) is 21.1 Å². The van der Waals surface area contributed by atoms with E-state index in [9.17, 15) is 5.11 Å². The van der Waals surface area contributed by atoms with Gasteiger partial charge in [0.2, 0.25) is 0 Å². The fraction of sp³-hybridized carbons (Fsp3) is 0.667. The highest BCUT2D eigenvalue weighted by molar-refractivity contribution is 7.09. The van der Waals surface area contributed by atoms with E-state index in [0.717, 1.165) is 10.7 Å². The van der Waals surface area contributed by atoms with Gasteiger partial charge in [-0.25, -0.2) is 4.98 Å². The molecule has 0 aromatic carbocycles. The lowest BCUT2D eigenvalue weighted by atomic mass is 10.2. The smallest absolute Gasteiger partial charge is 0.192 e. The van der Waals surface area contributed by atoms with Crippen molar-refractivity contribution >= 4 is 37.3 Å².